The summed E-state index contributed by atoms with van der Waals surface area (Å²) in [7, 11) is 1.63. The number of nitrogens with two attached hydrogens (primary N) is 1. The number of Topliss-reactive ketones (excluding diaryl/α,β-unsaturated/α-hetero) is 1. The number of methoxy groups -OCH3 is 1. The minimum Gasteiger partial charge on any atom is -0.383 e. The minimum atomic E-state index is -0.368. The highest BCUT2D eigenvalue weighted by molar-refractivity contribution is 9.10. The van der Waals surface area contributed by atoms with Gasteiger partial charge in [-0.1, -0.05) is 6.42 Å². The quantitative estimate of drug-likeness (QED) is 0.810. The summed E-state index contributed by atoms with van der Waals surface area (Å²) in [5.74, 6) is 0.108. The highest BCUT2D eigenvalue weighted by atomic mass is 79.9. The van der Waals surface area contributed by atoms with E-state index >= 15 is 0 Å². The Morgan fingerprint density at radius 2 is 2.39 bits per heavy atom. The summed E-state index contributed by atoms with van der Waals surface area (Å²) in [5, 5.41) is 4.21. The third-order valence-corrected chi connectivity index (χ3v) is 4.28. The minimum absolute atomic E-state index is 0.108. The second-order valence-electron chi connectivity index (χ2n) is 4.72. The molecule has 0 spiro atoms. The summed E-state index contributed by atoms with van der Waals surface area (Å²) >= 11 is 3.40. The zero-order valence-electron chi connectivity index (χ0n) is 10.5. The molecule has 0 saturated heterocycles. The molecular formula is C12H18BrN3O2. The van der Waals surface area contributed by atoms with Gasteiger partial charge in [0.25, 0.3) is 0 Å². The maximum absolute atomic E-state index is 12.6. The normalized spacial score (nSPS) is 17.5. The number of aromatic nitrogens is 2. The molecule has 6 heteroatoms. The van der Waals surface area contributed by atoms with E-state index in [4.69, 9.17) is 10.5 Å². The average Bonchev–Trinajstić information content (AvgIpc) is 2.67. The van der Waals surface area contributed by atoms with Crippen LogP contribution in [0.1, 0.15) is 29.8 Å². The van der Waals surface area contributed by atoms with Crippen LogP contribution in [0.3, 0.4) is 0 Å². The van der Waals surface area contributed by atoms with Crippen LogP contribution in [0, 0.1) is 5.41 Å². The number of hydrogen-bond donors (Lipinski definition) is 1. The predicted octanol–water partition coefficient (Wildman–Crippen LogP) is 1.60. The van der Waals surface area contributed by atoms with Gasteiger partial charge in [0.15, 0.2) is 5.78 Å². The molecule has 1 aliphatic rings. The van der Waals surface area contributed by atoms with Gasteiger partial charge in [0.2, 0.25) is 0 Å². The first-order valence-electron chi connectivity index (χ1n) is 6.10. The SMILES string of the molecule is COCCn1ncc(Br)c1C(=O)C1(CN)CCC1. The van der Waals surface area contributed by atoms with Crippen LogP contribution in [0.5, 0.6) is 0 Å². The highest BCUT2D eigenvalue weighted by Crippen LogP contribution is 2.43. The van der Waals surface area contributed by atoms with E-state index in [0.717, 1.165) is 23.7 Å². The van der Waals surface area contributed by atoms with Crippen molar-refractivity contribution in [1.82, 2.24) is 9.78 Å². The summed E-state index contributed by atoms with van der Waals surface area (Å²) in [6, 6.07) is 0. The van der Waals surface area contributed by atoms with Gasteiger partial charge in [0.05, 0.1) is 23.8 Å². The number of ketones is 1. The van der Waals surface area contributed by atoms with Gasteiger partial charge in [0, 0.05) is 19.1 Å². The second-order valence-corrected chi connectivity index (χ2v) is 5.58. The molecule has 0 amide bonds. The van der Waals surface area contributed by atoms with E-state index in [2.05, 4.69) is 21.0 Å². The van der Waals surface area contributed by atoms with Crippen LogP contribution in [-0.2, 0) is 11.3 Å². The molecule has 1 fully saturated rings. The summed E-state index contributed by atoms with van der Waals surface area (Å²) < 4.78 is 7.47. The van der Waals surface area contributed by atoms with E-state index in [-0.39, 0.29) is 11.2 Å². The van der Waals surface area contributed by atoms with Gasteiger partial charge in [-0.15, -0.1) is 0 Å². The fourth-order valence-electron chi connectivity index (χ4n) is 2.31. The molecule has 2 N–H and O–H groups in total. The van der Waals surface area contributed by atoms with Crippen molar-refractivity contribution in [3.63, 3.8) is 0 Å². The van der Waals surface area contributed by atoms with E-state index in [0.29, 0.717) is 25.4 Å². The average molecular weight is 316 g/mol. The largest absolute Gasteiger partial charge is 0.383 e. The highest BCUT2D eigenvalue weighted by Gasteiger charge is 2.44. The molecule has 100 valence electrons. The van der Waals surface area contributed by atoms with Crippen LogP contribution in [0.4, 0.5) is 0 Å². The summed E-state index contributed by atoms with van der Waals surface area (Å²) in [6.07, 6.45) is 4.49. The number of halogens is 1. The first-order valence-corrected chi connectivity index (χ1v) is 6.89. The molecule has 1 aliphatic carbocycles. The predicted molar refractivity (Wildman–Crippen MR) is 71.5 cm³/mol. The third-order valence-electron chi connectivity index (χ3n) is 3.70. The molecule has 1 aromatic rings. The number of carbonyl (C=O) groups excluding carboxylic acids is 1. The van der Waals surface area contributed by atoms with Gasteiger partial charge in [-0.05, 0) is 28.8 Å². The molecule has 0 aromatic carbocycles. The Bertz CT molecular complexity index is 435. The number of rotatable bonds is 6. The Kier molecular flexibility index (Phi) is 4.19. The van der Waals surface area contributed by atoms with Crippen molar-refractivity contribution in [2.75, 3.05) is 20.3 Å². The maximum atomic E-state index is 12.6. The lowest BCUT2D eigenvalue weighted by Crippen LogP contribution is -2.45. The second kappa shape index (κ2) is 5.50. The van der Waals surface area contributed by atoms with Gasteiger partial charge in [-0.25, -0.2) is 0 Å². The number of hydrogen-bond acceptors (Lipinski definition) is 4. The van der Waals surface area contributed by atoms with Crippen molar-refractivity contribution < 1.29 is 9.53 Å². The van der Waals surface area contributed by atoms with E-state index in [9.17, 15) is 4.79 Å². The van der Waals surface area contributed by atoms with Crippen molar-refractivity contribution in [1.29, 1.82) is 0 Å². The Labute approximate surface area is 115 Å². The molecular weight excluding hydrogens is 298 g/mol. The van der Waals surface area contributed by atoms with Crippen LogP contribution < -0.4 is 5.73 Å². The fourth-order valence-corrected chi connectivity index (χ4v) is 2.79. The molecule has 0 atom stereocenters. The number of carbonyl (C=O) groups is 1. The first kappa shape index (κ1) is 13.7. The Morgan fingerprint density at radius 3 is 2.89 bits per heavy atom. The van der Waals surface area contributed by atoms with E-state index < -0.39 is 0 Å². The van der Waals surface area contributed by atoms with Crippen LogP contribution >= 0.6 is 15.9 Å². The van der Waals surface area contributed by atoms with Crippen LogP contribution in [0.15, 0.2) is 10.7 Å². The summed E-state index contributed by atoms with van der Waals surface area (Å²) in [6.45, 7) is 1.52. The van der Waals surface area contributed by atoms with Crippen molar-refractivity contribution in [3.8, 4) is 0 Å². The molecule has 5 nitrogen and oxygen atoms in total. The lowest BCUT2D eigenvalue weighted by atomic mass is 9.65. The number of nitrogens with zero attached hydrogens (tertiary/aromatic N) is 2. The van der Waals surface area contributed by atoms with Gasteiger partial charge in [-0.3, -0.25) is 9.48 Å². The third kappa shape index (κ3) is 2.24. The lowest BCUT2D eigenvalue weighted by molar-refractivity contribution is 0.0619. The molecule has 0 radical (unpaired) electrons. The smallest absolute Gasteiger partial charge is 0.189 e. The van der Waals surface area contributed by atoms with Crippen molar-refractivity contribution in [3.05, 3.63) is 16.4 Å². The van der Waals surface area contributed by atoms with E-state index in [1.54, 1.807) is 18.0 Å². The zero-order valence-corrected chi connectivity index (χ0v) is 12.1. The van der Waals surface area contributed by atoms with Gasteiger partial charge >= 0.3 is 0 Å². The molecule has 1 saturated carbocycles. The monoisotopic (exact) mass is 315 g/mol. The number of ether oxygens (including phenoxy) is 1. The Hall–Kier alpha value is -0.720. The van der Waals surface area contributed by atoms with E-state index in [1.807, 2.05) is 0 Å². The van der Waals surface area contributed by atoms with Crippen molar-refractivity contribution in [2.24, 2.45) is 11.1 Å². The summed E-state index contributed by atoms with van der Waals surface area (Å²) in [5.41, 5.74) is 6.04. The van der Waals surface area contributed by atoms with Gasteiger partial charge < -0.3 is 10.5 Å². The standard InChI is InChI=1S/C12H18BrN3O2/c1-18-6-5-16-10(9(13)7-15-16)11(17)12(8-14)3-2-4-12/h7H,2-6,8,14H2,1H3. The Balaban J connectivity index is 2.26. The van der Waals surface area contributed by atoms with E-state index in [1.165, 1.54) is 0 Å². The molecule has 1 heterocycles. The molecule has 0 unspecified atom stereocenters. The maximum Gasteiger partial charge on any atom is 0.189 e. The van der Waals surface area contributed by atoms with Crippen molar-refractivity contribution in [2.45, 2.75) is 25.8 Å². The fraction of sp³-hybridized carbons (Fsp3) is 0.667. The van der Waals surface area contributed by atoms with Crippen LogP contribution in [0.2, 0.25) is 0 Å². The van der Waals surface area contributed by atoms with Gasteiger partial charge in [-0.2, -0.15) is 5.10 Å². The zero-order chi connectivity index (χ0) is 13.2. The first-order chi connectivity index (χ1) is 8.64. The molecule has 2 rings (SSSR count). The van der Waals surface area contributed by atoms with Crippen LogP contribution in [-0.4, -0.2) is 35.8 Å². The molecule has 18 heavy (non-hydrogen) atoms. The topological polar surface area (TPSA) is 70.1 Å². The Morgan fingerprint density at radius 1 is 1.67 bits per heavy atom. The molecule has 0 bridgehead atoms. The van der Waals surface area contributed by atoms with Crippen LogP contribution in [0.25, 0.3) is 0 Å². The van der Waals surface area contributed by atoms with Gasteiger partial charge in [0.1, 0.15) is 5.69 Å². The molecule has 0 aliphatic heterocycles. The molecule has 1 aromatic heterocycles. The summed E-state index contributed by atoms with van der Waals surface area (Å²) in [4.78, 5) is 12.6. The lowest BCUT2D eigenvalue weighted by Gasteiger charge is -2.39. The van der Waals surface area contributed by atoms with Crippen molar-refractivity contribution >= 4 is 21.7 Å².